The molecule has 0 bridgehead atoms. The normalized spacial score (nSPS) is 10.5. The summed E-state index contributed by atoms with van der Waals surface area (Å²) in [4.78, 5) is 4.38. The molecule has 3 nitrogen and oxygen atoms in total. The molecule has 1 heterocycles. The number of ether oxygens (including phenoxy) is 1. The third-order valence-corrected chi connectivity index (χ3v) is 2.86. The van der Waals surface area contributed by atoms with E-state index in [9.17, 15) is 9.50 Å². The minimum absolute atomic E-state index is 0.158. The van der Waals surface area contributed by atoms with E-state index in [0.717, 1.165) is 17.8 Å². The van der Waals surface area contributed by atoms with Gasteiger partial charge in [-0.1, -0.05) is 13.0 Å². The Kier molecular flexibility index (Phi) is 4.12. The van der Waals surface area contributed by atoms with E-state index >= 15 is 0 Å². The van der Waals surface area contributed by atoms with Crippen LogP contribution in [0.4, 0.5) is 4.39 Å². The number of aromatic nitrogens is 1. The molecule has 0 aliphatic heterocycles. The van der Waals surface area contributed by atoms with Gasteiger partial charge >= 0.3 is 0 Å². The molecule has 0 amide bonds. The molecule has 0 aliphatic carbocycles. The number of aliphatic hydroxyl groups is 1. The maximum Gasteiger partial charge on any atom is 0.148 e. The summed E-state index contributed by atoms with van der Waals surface area (Å²) >= 11 is 0. The summed E-state index contributed by atoms with van der Waals surface area (Å²) in [6, 6.07) is 8.14. The molecule has 19 heavy (non-hydrogen) atoms. The predicted octanol–water partition coefficient (Wildman–Crippen LogP) is 3.38. The highest BCUT2D eigenvalue weighted by atomic mass is 19.1. The number of hydrogen-bond donors (Lipinski definition) is 1. The second-order valence-corrected chi connectivity index (χ2v) is 4.23. The molecule has 1 aromatic heterocycles. The Morgan fingerprint density at radius 2 is 2.00 bits per heavy atom. The van der Waals surface area contributed by atoms with Gasteiger partial charge in [0.25, 0.3) is 0 Å². The molecule has 0 atom stereocenters. The molecule has 0 radical (unpaired) electrons. The monoisotopic (exact) mass is 261 g/mol. The zero-order valence-corrected chi connectivity index (χ0v) is 11.0. The molecular weight excluding hydrogens is 245 g/mol. The molecule has 4 heteroatoms. The van der Waals surface area contributed by atoms with Crippen LogP contribution in [-0.4, -0.2) is 10.1 Å². The molecule has 100 valence electrons. The first-order chi connectivity index (χ1) is 9.15. The Morgan fingerprint density at radius 1 is 1.21 bits per heavy atom. The van der Waals surface area contributed by atoms with Crippen molar-refractivity contribution in [3.63, 3.8) is 0 Å². The van der Waals surface area contributed by atoms with Gasteiger partial charge in [0.1, 0.15) is 17.3 Å². The number of aryl methyl sites for hydroxylation is 2. The molecule has 0 aliphatic rings. The van der Waals surface area contributed by atoms with E-state index in [4.69, 9.17) is 4.74 Å². The third-order valence-electron chi connectivity index (χ3n) is 2.86. The first-order valence-corrected chi connectivity index (χ1v) is 6.18. The molecule has 0 saturated carbocycles. The molecule has 1 N–H and O–H groups in total. The fourth-order valence-corrected chi connectivity index (χ4v) is 1.85. The summed E-state index contributed by atoms with van der Waals surface area (Å²) in [5.74, 6) is 0.439. The lowest BCUT2D eigenvalue weighted by Crippen LogP contribution is -1.99. The van der Waals surface area contributed by atoms with Gasteiger partial charge in [-0.2, -0.15) is 0 Å². The van der Waals surface area contributed by atoms with Crippen molar-refractivity contribution in [1.29, 1.82) is 0 Å². The SMILES string of the molecule is CCc1nc(C)ccc1Oc1cccc(F)c1CO. The zero-order valence-electron chi connectivity index (χ0n) is 11.0. The van der Waals surface area contributed by atoms with Gasteiger partial charge < -0.3 is 9.84 Å². The molecule has 2 rings (SSSR count). The minimum atomic E-state index is -0.474. The van der Waals surface area contributed by atoms with Gasteiger partial charge in [-0.25, -0.2) is 4.39 Å². The summed E-state index contributed by atoms with van der Waals surface area (Å²) in [5, 5.41) is 9.21. The summed E-state index contributed by atoms with van der Waals surface area (Å²) < 4.78 is 19.2. The Bertz CT molecular complexity index is 584. The van der Waals surface area contributed by atoms with Gasteiger partial charge in [0.05, 0.1) is 17.9 Å². The van der Waals surface area contributed by atoms with Crippen LogP contribution in [0.5, 0.6) is 11.5 Å². The lowest BCUT2D eigenvalue weighted by Gasteiger charge is -2.13. The quantitative estimate of drug-likeness (QED) is 0.917. The van der Waals surface area contributed by atoms with E-state index in [-0.39, 0.29) is 5.56 Å². The van der Waals surface area contributed by atoms with E-state index in [0.29, 0.717) is 11.5 Å². The van der Waals surface area contributed by atoms with Crippen molar-refractivity contribution in [2.45, 2.75) is 26.9 Å². The summed E-state index contributed by atoms with van der Waals surface area (Å²) in [6.07, 6.45) is 0.723. The minimum Gasteiger partial charge on any atom is -0.455 e. The molecule has 1 aromatic carbocycles. The number of halogens is 1. The van der Waals surface area contributed by atoms with E-state index in [1.54, 1.807) is 12.1 Å². The van der Waals surface area contributed by atoms with Crippen LogP contribution < -0.4 is 4.74 Å². The van der Waals surface area contributed by atoms with Gasteiger partial charge in [-0.15, -0.1) is 0 Å². The Balaban J connectivity index is 2.39. The van der Waals surface area contributed by atoms with Gasteiger partial charge in [0.2, 0.25) is 0 Å². The van der Waals surface area contributed by atoms with Crippen molar-refractivity contribution in [3.05, 3.63) is 53.1 Å². The number of rotatable bonds is 4. The fourth-order valence-electron chi connectivity index (χ4n) is 1.85. The number of aliphatic hydroxyl groups excluding tert-OH is 1. The van der Waals surface area contributed by atoms with E-state index < -0.39 is 12.4 Å². The van der Waals surface area contributed by atoms with Crippen LogP contribution in [0.15, 0.2) is 30.3 Å². The molecular formula is C15H16FNO2. The standard InChI is InChI=1S/C15H16FNO2/c1-3-13-15(8-7-10(2)17-13)19-14-6-4-5-12(16)11(14)9-18/h4-8,18H,3,9H2,1-2H3. The number of benzene rings is 1. The first kappa shape index (κ1) is 13.5. The highest BCUT2D eigenvalue weighted by molar-refractivity contribution is 5.40. The van der Waals surface area contributed by atoms with E-state index in [2.05, 4.69) is 4.98 Å². The molecule has 0 spiro atoms. The first-order valence-electron chi connectivity index (χ1n) is 6.18. The summed E-state index contributed by atoms with van der Waals surface area (Å²) in [5.41, 5.74) is 1.88. The van der Waals surface area contributed by atoms with Crippen molar-refractivity contribution in [2.75, 3.05) is 0 Å². The Labute approximate surface area is 111 Å². The van der Waals surface area contributed by atoms with Crippen molar-refractivity contribution in [3.8, 4) is 11.5 Å². The highest BCUT2D eigenvalue weighted by Crippen LogP contribution is 2.29. The van der Waals surface area contributed by atoms with Gasteiger partial charge in [-0.05, 0) is 37.6 Å². The summed E-state index contributed by atoms with van der Waals surface area (Å²) in [7, 11) is 0. The maximum absolute atomic E-state index is 13.5. The largest absolute Gasteiger partial charge is 0.455 e. The van der Waals surface area contributed by atoms with Gasteiger partial charge in [-0.3, -0.25) is 4.98 Å². The second-order valence-electron chi connectivity index (χ2n) is 4.23. The lowest BCUT2D eigenvalue weighted by molar-refractivity contribution is 0.269. The predicted molar refractivity (Wildman–Crippen MR) is 70.7 cm³/mol. The number of pyridine rings is 1. The zero-order chi connectivity index (χ0) is 13.8. The van der Waals surface area contributed by atoms with Crippen LogP contribution >= 0.6 is 0 Å². The van der Waals surface area contributed by atoms with Crippen molar-refractivity contribution in [1.82, 2.24) is 4.98 Å². The second kappa shape index (κ2) is 5.80. The van der Waals surface area contributed by atoms with Crippen LogP contribution in [0.1, 0.15) is 23.9 Å². The van der Waals surface area contributed by atoms with Crippen LogP contribution in [-0.2, 0) is 13.0 Å². The topological polar surface area (TPSA) is 42.4 Å². The van der Waals surface area contributed by atoms with Crippen molar-refractivity contribution < 1.29 is 14.2 Å². The molecule has 0 fully saturated rings. The molecule has 0 unspecified atom stereocenters. The number of hydrogen-bond acceptors (Lipinski definition) is 3. The Hall–Kier alpha value is -1.94. The highest BCUT2D eigenvalue weighted by Gasteiger charge is 2.11. The van der Waals surface area contributed by atoms with Crippen molar-refractivity contribution >= 4 is 0 Å². The van der Waals surface area contributed by atoms with Crippen LogP contribution in [0, 0.1) is 12.7 Å². The molecule has 2 aromatic rings. The van der Waals surface area contributed by atoms with Gasteiger partial charge in [0.15, 0.2) is 0 Å². The van der Waals surface area contributed by atoms with Crippen LogP contribution in [0.3, 0.4) is 0 Å². The van der Waals surface area contributed by atoms with Crippen LogP contribution in [0.25, 0.3) is 0 Å². The van der Waals surface area contributed by atoms with Gasteiger partial charge in [0, 0.05) is 5.69 Å². The average Bonchev–Trinajstić information content (AvgIpc) is 2.41. The average molecular weight is 261 g/mol. The van der Waals surface area contributed by atoms with E-state index in [1.807, 2.05) is 26.0 Å². The number of nitrogens with zero attached hydrogens (tertiary/aromatic N) is 1. The lowest BCUT2D eigenvalue weighted by atomic mass is 10.2. The smallest absolute Gasteiger partial charge is 0.148 e. The summed E-state index contributed by atoms with van der Waals surface area (Å²) in [6.45, 7) is 3.49. The Morgan fingerprint density at radius 3 is 2.68 bits per heavy atom. The maximum atomic E-state index is 13.5. The van der Waals surface area contributed by atoms with E-state index in [1.165, 1.54) is 6.07 Å². The fraction of sp³-hybridized carbons (Fsp3) is 0.267. The third kappa shape index (κ3) is 2.90. The van der Waals surface area contributed by atoms with Crippen LogP contribution in [0.2, 0.25) is 0 Å². The molecule has 0 saturated heterocycles. The van der Waals surface area contributed by atoms with Crippen molar-refractivity contribution in [2.24, 2.45) is 0 Å².